The van der Waals surface area contributed by atoms with E-state index in [1.807, 2.05) is 30.3 Å². The lowest BCUT2D eigenvalue weighted by atomic mass is 10.0. The van der Waals surface area contributed by atoms with Crippen LogP contribution < -0.4 is 5.32 Å². The van der Waals surface area contributed by atoms with Gasteiger partial charge in [0.05, 0.1) is 12.6 Å². The zero-order chi connectivity index (χ0) is 14.5. The Labute approximate surface area is 117 Å². The summed E-state index contributed by atoms with van der Waals surface area (Å²) in [7, 11) is 0. The Kier molecular flexibility index (Phi) is 4.82. The molecular formula is C16H17F2NO. The Morgan fingerprint density at radius 2 is 1.60 bits per heavy atom. The second-order valence-corrected chi connectivity index (χ2v) is 4.67. The van der Waals surface area contributed by atoms with Gasteiger partial charge in [-0.25, -0.2) is 8.78 Å². The van der Waals surface area contributed by atoms with E-state index < -0.39 is 17.7 Å². The molecule has 0 spiro atoms. The molecule has 0 aliphatic rings. The predicted octanol–water partition coefficient (Wildman–Crippen LogP) is 3.35. The van der Waals surface area contributed by atoms with Crippen molar-refractivity contribution < 1.29 is 13.9 Å². The number of aliphatic hydroxyl groups excluding tert-OH is 1. The van der Waals surface area contributed by atoms with Gasteiger partial charge in [0, 0.05) is 11.6 Å². The molecule has 0 aliphatic heterocycles. The van der Waals surface area contributed by atoms with Crippen molar-refractivity contribution in [3.8, 4) is 0 Å². The first-order chi connectivity index (χ1) is 9.63. The highest BCUT2D eigenvalue weighted by Crippen LogP contribution is 2.23. The van der Waals surface area contributed by atoms with Crippen LogP contribution >= 0.6 is 0 Å². The van der Waals surface area contributed by atoms with Gasteiger partial charge in [-0.3, -0.25) is 0 Å². The molecule has 0 radical (unpaired) electrons. The van der Waals surface area contributed by atoms with Crippen molar-refractivity contribution in [2.75, 3.05) is 6.61 Å². The Hall–Kier alpha value is -1.78. The number of nitrogens with one attached hydrogen (secondary N) is 1. The van der Waals surface area contributed by atoms with E-state index in [4.69, 9.17) is 0 Å². The number of aliphatic hydroxyl groups is 1. The number of benzene rings is 2. The second kappa shape index (κ2) is 6.59. The van der Waals surface area contributed by atoms with Gasteiger partial charge in [0.2, 0.25) is 0 Å². The zero-order valence-corrected chi connectivity index (χ0v) is 11.2. The van der Waals surface area contributed by atoms with Crippen LogP contribution in [0.4, 0.5) is 8.78 Å². The minimum absolute atomic E-state index is 0.0121. The smallest absolute Gasteiger partial charge is 0.130 e. The van der Waals surface area contributed by atoms with Crippen molar-refractivity contribution in [2.45, 2.75) is 19.0 Å². The molecule has 2 atom stereocenters. The highest BCUT2D eigenvalue weighted by Gasteiger charge is 2.19. The quantitative estimate of drug-likeness (QED) is 0.878. The van der Waals surface area contributed by atoms with E-state index in [0.29, 0.717) is 0 Å². The van der Waals surface area contributed by atoms with Gasteiger partial charge in [0.25, 0.3) is 0 Å². The monoisotopic (exact) mass is 277 g/mol. The molecule has 0 saturated carbocycles. The van der Waals surface area contributed by atoms with E-state index in [1.54, 1.807) is 6.92 Å². The first-order valence-corrected chi connectivity index (χ1v) is 6.49. The third-order valence-electron chi connectivity index (χ3n) is 3.27. The molecule has 2 rings (SSSR count). The molecule has 0 bridgehead atoms. The average molecular weight is 277 g/mol. The van der Waals surface area contributed by atoms with Gasteiger partial charge in [-0.2, -0.15) is 0 Å². The molecule has 2 unspecified atom stereocenters. The highest BCUT2D eigenvalue weighted by atomic mass is 19.1. The van der Waals surface area contributed by atoms with Crippen LogP contribution in [0.2, 0.25) is 0 Å². The Morgan fingerprint density at radius 3 is 2.15 bits per heavy atom. The lowest BCUT2D eigenvalue weighted by Crippen LogP contribution is -2.28. The minimum Gasteiger partial charge on any atom is -0.394 e. The summed E-state index contributed by atoms with van der Waals surface area (Å²) in [5.41, 5.74) is 0.862. The van der Waals surface area contributed by atoms with Crippen LogP contribution in [0.3, 0.4) is 0 Å². The van der Waals surface area contributed by atoms with Crippen LogP contribution in [0.25, 0.3) is 0 Å². The van der Waals surface area contributed by atoms with Gasteiger partial charge in [0.15, 0.2) is 0 Å². The van der Waals surface area contributed by atoms with Crippen LogP contribution in [0, 0.1) is 11.6 Å². The fourth-order valence-electron chi connectivity index (χ4n) is 2.25. The number of rotatable bonds is 5. The van der Waals surface area contributed by atoms with Gasteiger partial charge >= 0.3 is 0 Å². The van der Waals surface area contributed by atoms with Crippen LogP contribution in [0.1, 0.15) is 30.1 Å². The van der Waals surface area contributed by atoms with Crippen LogP contribution in [-0.2, 0) is 0 Å². The molecule has 20 heavy (non-hydrogen) atoms. The van der Waals surface area contributed by atoms with Crippen molar-refractivity contribution in [3.05, 3.63) is 71.3 Å². The largest absolute Gasteiger partial charge is 0.394 e. The molecule has 2 nitrogen and oxygen atoms in total. The topological polar surface area (TPSA) is 32.3 Å². The van der Waals surface area contributed by atoms with E-state index in [-0.39, 0.29) is 18.2 Å². The first kappa shape index (κ1) is 14.6. The van der Waals surface area contributed by atoms with E-state index in [2.05, 4.69) is 5.32 Å². The summed E-state index contributed by atoms with van der Waals surface area (Å²) in [5, 5.41) is 12.5. The second-order valence-electron chi connectivity index (χ2n) is 4.67. The van der Waals surface area contributed by atoms with Crippen molar-refractivity contribution >= 4 is 0 Å². The van der Waals surface area contributed by atoms with E-state index in [9.17, 15) is 13.9 Å². The summed E-state index contributed by atoms with van der Waals surface area (Å²) in [6.45, 7) is 1.53. The van der Waals surface area contributed by atoms with Gasteiger partial charge in [0.1, 0.15) is 11.6 Å². The average Bonchev–Trinajstić information content (AvgIpc) is 2.45. The fraction of sp³-hybridized carbons (Fsp3) is 0.250. The summed E-state index contributed by atoms with van der Waals surface area (Å²) in [6.07, 6.45) is 0. The molecule has 0 saturated heterocycles. The van der Waals surface area contributed by atoms with E-state index in [1.165, 1.54) is 18.2 Å². The van der Waals surface area contributed by atoms with Gasteiger partial charge in [-0.15, -0.1) is 0 Å². The predicted molar refractivity (Wildman–Crippen MR) is 74.2 cm³/mol. The summed E-state index contributed by atoms with van der Waals surface area (Å²) in [5.74, 6) is -1.18. The standard InChI is InChI=1S/C16H17F2NO/c1-11(16-13(17)8-5-9-14(16)18)19-15(10-20)12-6-3-2-4-7-12/h2-9,11,15,19-20H,10H2,1H3. The third kappa shape index (κ3) is 3.21. The fourth-order valence-corrected chi connectivity index (χ4v) is 2.25. The van der Waals surface area contributed by atoms with E-state index in [0.717, 1.165) is 5.56 Å². The Bertz CT molecular complexity index is 539. The number of halogens is 2. The molecular weight excluding hydrogens is 260 g/mol. The molecule has 0 heterocycles. The summed E-state index contributed by atoms with van der Waals surface area (Å²) in [6, 6.07) is 12.2. The lowest BCUT2D eigenvalue weighted by Gasteiger charge is -2.23. The van der Waals surface area contributed by atoms with Crippen molar-refractivity contribution in [3.63, 3.8) is 0 Å². The zero-order valence-electron chi connectivity index (χ0n) is 11.2. The maximum atomic E-state index is 13.7. The maximum Gasteiger partial charge on any atom is 0.130 e. The van der Waals surface area contributed by atoms with Gasteiger partial charge in [-0.1, -0.05) is 36.4 Å². The third-order valence-corrected chi connectivity index (χ3v) is 3.27. The van der Waals surface area contributed by atoms with Crippen molar-refractivity contribution in [1.29, 1.82) is 0 Å². The summed E-state index contributed by atoms with van der Waals surface area (Å²) >= 11 is 0. The Morgan fingerprint density at radius 1 is 1.00 bits per heavy atom. The molecule has 0 fully saturated rings. The van der Waals surface area contributed by atoms with Crippen LogP contribution in [0.5, 0.6) is 0 Å². The summed E-state index contributed by atoms with van der Waals surface area (Å²) in [4.78, 5) is 0. The molecule has 0 amide bonds. The molecule has 106 valence electrons. The van der Waals surface area contributed by atoms with Crippen molar-refractivity contribution in [1.82, 2.24) is 5.32 Å². The first-order valence-electron chi connectivity index (χ1n) is 6.49. The van der Waals surface area contributed by atoms with E-state index >= 15 is 0 Å². The highest BCUT2D eigenvalue weighted by molar-refractivity contribution is 5.24. The lowest BCUT2D eigenvalue weighted by molar-refractivity contribution is 0.234. The van der Waals surface area contributed by atoms with Gasteiger partial charge in [-0.05, 0) is 24.6 Å². The molecule has 0 aromatic heterocycles. The van der Waals surface area contributed by atoms with Crippen LogP contribution in [0.15, 0.2) is 48.5 Å². The number of hydrogen-bond acceptors (Lipinski definition) is 2. The van der Waals surface area contributed by atoms with Gasteiger partial charge < -0.3 is 10.4 Å². The number of hydrogen-bond donors (Lipinski definition) is 2. The summed E-state index contributed by atoms with van der Waals surface area (Å²) < 4.78 is 27.4. The van der Waals surface area contributed by atoms with Crippen molar-refractivity contribution in [2.24, 2.45) is 0 Å². The molecule has 2 aromatic carbocycles. The van der Waals surface area contributed by atoms with Crippen LogP contribution in [-0.4, -0.2) is 11.7 Å². The SMILES string of the molecule is CC(NC(CO)c1ccccc1)c1c(F)cccc1F. The maximum absolute atomic E-state index is 13.7. The molecule has 0 aliphatic carbocycles. The molecule has 2 aromatic rings. The normalized spacial score (nSPS) is 14.0. The minimum atomic E-state index is -0.588. The Balaban J connectivity index is 2.20. The molecule has 4 heteroatoms. The molecule has 2 N–H and O–H groups in total.